The van der Waals surface area contributed by atoms with Crippen LogP contribution < -0.4 is 9.80 Å². The van der Waals surface area contributed by atoms with E-state index in [0.29, 0.717) is 0 Å². The normalized spacial score (nSPS) is 13.7. The molecular formula is C66H52Br2N2. The Bertz CT molecular complexity index is 3280. The van der Waals surface area contributed by atoms with Crippen molar-refractivity contribution in [2.24, 2.45) is 0 Å². The lowest BCUT2D eigenvalue weighted by Gasteiger charge is -2.42. The first-order valence-corrected chi connectivity index (χ1v) is 25.5. The highest BCUT2D eigenvalue weighted by Crippen LogP contribution is 2.55. The highest BCUT2D eigenvalue weighted by molar-refractivity contribution is 9.10. The molecule has 0 spiro atoms. The Hall–Kier alpha value is -7.24. The number of nitrogens with zero attached hydrogens (tertiary/aromatic N) is 2. The molecule has 340 valence electrons. The van der Waals surface area contributed by atoms with Crippen molar-refractivity contribution in [1.82, 2.24) is 0 Å². The number of hydrogen-bond acceptors (Lipinski definition) is 2. The first-order valence-electron chi connectivity index (χ1n) is 24.0. The Labute approximate surface area is 429 Å². The largest absolute Gasteiger partial charge is 0.310 e. The van der Waals surface area contributed by atoms with Gasteiger partial charge in [-0.3, -0.25) is 0 Å². The molecule has 10 aromatic rings. The number of benzene rings is 10. The second kappa shape index (κ2) is 18.6. The van der Waals surface area contributed by atoms with Crippen molar-refractivity contribution in [1.29, 1.82) is 0 Å². The van der Waals surface area contributed by atoms with E-state index in [-0.39, 0.29) is 10.8 Å². The van der Waals surface area contributed by atoms with Crippen LogP contribution in [0.5, 0.6) is 0 Å². The van der Waals surface area contributed by atoms with E-state index in [2.05, 4.69) is 312 Å². The van der Waals surface area contributed by atoms with Gasteiger partial charge in [0.1, 0.15) is 0 Å². The molecule has 2 aliphatic rings. The van der Waals surface area contributed by atoms with E-state index < -0.39 is 0 Å². The molecule has 0 radical (unpaired) electrons. The van der Waals surface area contributed by atoms with Gasteiger partial charge in [0.15, 0.2) is 0 Å². The molecule has 0 aliphatic carbocycles. The molecule has 70 heavy (non-hydrogen) atoms. The Balaban J connectivity index is 0.000000186. The van der Waals surface area contributed by atoms with Crippen molar-refractivity contribution < 1.29 is 0 Å². The van der Waals surface area contributed by atoms with Gasteiger partial charge in [0, 0.05) is 31.2 Å². The molecule has 2 heterocycles. The van der Waals surface area contributed by atoms with E-state index in [1.165, 1.54) is 101 Å². The second-order valence-electron chi connectivity index (χ2n) is 19.3. The SMILES string of the molecule is CC1(C)c2cc(-c3ccc(-c4ccccc4)cc3)ccc2N(c2ccccc2)c2ccc(-c3ccc(-c4ccccc4)cc3)cc21.CC1(C)c2cc(Br)ccc2N(c2ccccc2)c2ccc(Br)cc21. The third kappa shape index (κ3) is 8.40. The molecule has 0 saturated heterocycles. The van der Waals surface area contributed by atoms with Crippen LogP contribution in [0.25, 0.3) is 44.5 Å². The van der Waals surface area contributed by atoms with Crippen molar-refractivity contribution in [2.45, 2.75) is 38.5 Å². The van der Waals surface area contributed by atoms with Crippen LogP contribution >= 0.6 is 31.9 Å². The molecule has 0 amide bonds. The topological polar surface area (TPSA) is 6.48 Å². The summed E-state index contributed by atoms with van der Waals surface area (Å²) in [5.74, 6) is 0. The van der Waals surface area contributed by atoms with Crippen LogP contribution in [0.1, 0.15) is 49.9 Å². The first kappa shape index (κ1) is 45.2. The Kier molecular flexibility index (Phi) is 12.0. The lowest BCUT2D eigenvalue weighted by atomic mass is 9.72. The number of fused-ring (bicyclic) bond motifs is 4. The quantitative estimate of drug-likeness (QED) is 0.164. The van der Waals surface area contributed by atoms with Crippen molar-refractivity contribution >= 4 is 66.0 Å². The molecule has 0 bridgehead atoms. The van der Waals surface area contributed by atoms with Crippen LogP contribution in [-0.4, -0.2) is 0 Å². The van der Waals surface area contributed by atoms with E-state index in [0.717, 1.165) is 8.95 Å². The smallest absolute Gasteiger partial charge is 0.0503 e. The first-order chi connectivity index (χ1) is 34.0. The molecule has 0 unspecified atom stereocenters. The summed E-state index contributed by atoms with van der Waals surface area (Å²) in [5, 5.41) is 0. The Morgan fingerprint density at radius 1 is 0.257 bits per heavy atom. The molecule has 0 N–H and O–H groups in total. The highest BCUT2D eigenvalue weighted by atomic mass is 79.9. The van der Waals surface area contributed by atoms with Gasteiger partial charge in [0.25, 0.3) is 0 Å². The van der Waals surface area contributed by atoms with Crippen LogP contribution in [0.2, 0.25) is 0 Å². The predicted octanol–water partition coefficient (Wildman–Crippen LogP) is 19.8. The van der Waals surface area contributed by atoms with Crippen LogP contribution in [-0.2, 0) is 10.8 Å². The molecule has 0 aromatic heterocycles. The van der Waals surface area contributed by atoms with E-state index >= 15 is 0 Å². The van der Waals surface area contributed by atoms with Crippen LogP contribution in [0.4, 0.5) is 34.1 Å². The predicted molar refractivity (Wildman–Crippen MR) is 304 cm³/mol. The molecule has 0 saturated carbocycles. The monoisotopic (exact) mass is 1030 g/mol. The van der Waals surface area contributed by atoms with Crippen LogP contribution in [0, 0.1) is 0 Å². The Morgan fingerprint density at radius 2 is 0.500 bits per heavy atom. The number of halogens is 2. The zero-order valence-corrected chi connectivity index (χ0v) is 42.9. The number of rotatable bonds is 6. The fourth-order valence-electron chi connectivity index (χ4n) is 10.5. The summed E-state index contributed by atoms with van der Waals surface area (Å²) in [4.78, 5) is 4.79. The summed E-state index contributed by atoms with van der Waals surface area (Å²) >= 11 is 7.29. The summed E-state index contributed by atoms with van der Waals surface area (Å²) in [6.45, 7) is 9.34. The van der Waals surface area contributed by atoms with Crippen LogP contribution in [0.3, 0.4) is 0 Å². The summed E-state index contributed by atoms with van der Waals surface area (Å²) in [7, 11) is 0. The lowest BCUT2D eigenvalue weighted by molar-refractivity contribution is 0.631. The fraction of sp³-hybridized carbons (Fsp3) is 0.0909. The van der Waals surface area contributed by atoms with Gasteiger partial charge < -0.3 is 9.80 Å². The molecule has 10 aromatic carbocycles. The lowest BCUT2D eigenvalue weighted by Crippen LogP contribution is -2.30. The molecule has 4 heteroatoms. The zero-order chi connectivity index (χ0) is 48.0. The van der Waals surface area contributed by atoms with E-state index in [4.69, 9.17) is 0 Å². The Morgan fingerprint density at radius 3 is 0.829 bits per heavy atom. The number of para-hydroxylation sites is 2. The molecule has 2 aliphatic heterocycles. The zero-order valence-electron chi connectivity index (χ0n) is 39.7. The average Bonchev–Trinajstić information content (AvgIpc) is 3.40. The highest BCUT2D eigenvalue weighted by Gasteiger charge is 2.39. The van der Waals surface area contributed by atoms with Gasteiger partial charge in [0.05, 0.1) is 22.7 Å². The summed E-state index contributed by atoms with van der Waals surface area (Å²) < 4.78 is 2.22. The number of anilines is 6. The minimum atomic E-state index is -0.212. The second-order valence-corrected chi connectivity index (χ2v) is 21.1. The maximum Gasteiger partial charge on any atom is 0.0503 e. The maximum absolute atomic E-state index is 3.64. The van der Waals surface area contributed by atoms with E-state index in [1.807, 2.05) is 0 Å². The van der Waals surface area contributed by atoms with Gasteiger partial charge in [-0.05, 0) is 152 Å². The maximum atomic E-state index is 3.64. The summed E-state index contributed by atoms with van der Waals surface area (Å²) in [6.07, 6.45) is 0. The van der Waals surface area contributed by atoms with E-state index in [1.54, 1.807) is 0 Å². The van der Waals surface area contributed by atoms with Gasteiger partial charge in [-0.25, -0.2) is 0 Å². The van der Waals surface area contributed by atoms with Crippen molar-refractivity contribution in [3.8, 4) is 44.5 Å². The van der Waals surface area contributed by atoms with Gasteiger partial charge in [-0.2, -0.15) is 0 Å². The minimum absolute atomic E-state index is 0.0660. The molecule has 0 fully saturated rings. The van der Waals surface area contributed by atoms with Gasteiger partial charge >= 0.3 is 0 Å². The summed E-state index contributed by atoms with van der Waals surface area (Å²) in [6, 6.07) is 87.5. The molecule has 2 nitrogen and oxygen atoms in total. The van der Waals surface area contributed by atoms with E-state index in [9.17, 15) is 0 Å². The van der Waals surface area contributed by atoms with Crippen molar-refractivity contribution in [3.05, 3.63) is 274 Å². The van der Waals surface area contributed by atoms with Gasteiger partial charge in [-0.1, -0.05) is 217 Å². The minimum Gasteiger partial charge on any atom is -0.310 e. The van der Waals surface area contributed by atoms with Crippen LogP contribution in [0.15, 0.2) is 252 Å². The fourth-order valence-corrected chi connectivity index (χ4v) is 11.2. The van der Waals surface area contributed by atoms with Gasteiger partial charge in [-0.15, -0.1) is 0 Å². The molecule has 12 rings (SSSR count). The van der Waals surface area contributed by atoms with Gasteiger partial charge in [0.2, 0.25) is 0 Å². The standard InChI is InChI=1S/C45H35N.C21H17Br2N/c1-45(2)41-30-38(36-22-18-34(19-23-36)32-12-6-3-7-13-32)26-28-43(41)46(40-16-10-5-11-17-40)44-29-27-39(31-42(44)45)37-24-20-35(21-25-37)33-14-8-4-9-15-33;1-21(2)17-12-14(22)8-10-19(17)24(16-6-4-3-5-7-16)20-11-9-15(23)13-18(20)21/h3-31H,1-2H3;3-13H,1-2H3. The number of hydrogen-bond donors (Lipinski definition) is 0. The summed E-state index contributed by atoms with van der Waals surface area (Å²) in [5.41, 5.74) is 22.2. The third-order valence-corrected chi connectivity index (χ3v) is 15.2. The average molecular weight is 1030 g/mol. The molecule has 0 atom stereocenters. The molecular weight excluding hydrogens is 981 g/mol. The van der Waals surface area contributed by atoms with Crippen molar-refractivity contribution in [3.63, 3.8) is 0 Å². The third-order valence-electron chi connectivity index (χ3n) is 14.2. The van der Waals surface area contributed by atoms with Crippen molar-refractivity contribution in [2.75, 3.05) is 9.80 Å².